The summed E-state index contributed by atoms with van der Waals surface area (Å²) in [6.07, 6.45) is -0.225. The number of hydrogen-bond acceptors (Lipinski definition) is 9. The van der Waals surface area contributed by atoms with E-state index in [1.165, 1.54) is 17.2 Å². The van der Waals surface area contributed by atoms with Gasteiger partial charge in [-0.3, -0.25) is 9.13 Å². The molecule has 170 valence electrons. The molecule has 0 amide bonds. The second kappa shape index (κ2) is 8.23. The number of rotatable bonds is 6. The molecule has 4 atom stereocenters. The summed E-state index contributed by atoms with van der Waals surface area (Å²) in [6, 6.07) is 8.42. The normalized spacial score (nSPS) is 25.8. The van der Waals surface area contributed by atoms with Crippen LogP contribution in [0, 0.1) is 5.92 Å². The van der Waals surface area contributed by atoms with E-state index in [0.717, 1.165) is 0 Å². The Morgan fingerprint density at radius 3 is 2.69 bits per heavy atom. The molecule has 1 fully saturated rings. The number of carbonyl (C=O) groups excluding carboxylic acids is 1. The van der Waals surface area contributed by atoms with Gasteiger partial charge in [0.25, 0.3) is 0 Å². The third kappa shape index (κ3) is 4.10. The summed E-state index contributed by atoms with van der Waals surface area (Å²) in [5.74, 6) is -1.05. The second-order valence-electron chi connectivity index (χ2n) is 7.63. The van der Waals surface area contributed by atoms with Gasteiger partial charge in [-0.2, -0.15) is 0 Å². The quantitative estimate of drug-likeness (QED) is 0.358. The second-order valence-corrected chi connectivity index (χ2v) is 9.22. The maximum Gasteiger partial charge on any atom is 0.351 e. The van der Waals surface area contributed by atoms with Crippen LogP contribution in [0.2, 0.25) is 0 Å². The number of aromatic nitrogens is 4. The van der Waals surface area contributed by atoms with Crippen molar-refractivity contribution in [1.29, 1.82) is 0 Å². The van der Waals surface area contributed by atoms with E-state index in [-0.39, 0.29) is 5.82 Å². The number of esters is 1. The zero-order valence-corrected chi connectivity index (χ0v) is 18.1. The molecule has 4 rings (SSSR count). The molecule has 0 aliphatic carbocycles. The lowest BCUT2D eigenvalue weighted by atomic mass is 9.90. The fourth-order valence-electron chi connectivity index (χ4n) is 3.59. The third-order valence-electron chi connectivity index (χ3n) is 5.43. The number of nitrogens with two attached hydrogens (primary N) is 1. The highest BCUT2D eigenvalue weighted by atomic mass is 31.2. The van der Waals surface area contributed by atoms with Crippen molar-refractivity contribution in [1.82, 2.24) is 19.5 Å². The average molecular weight is 463 g/mol. The number of anilines is 1. The van der Waals surface area contributed by atoms with E-state index in [4.69, 9.17) is 19.9 Å². The fourth-order valence-corrected chi connectivity index (χ4v) is 3.93. The molecular weight excluding hydrogens is 441 g/mol. The zero-order chi connectivity index (χ0) is 23.1. The minimum absolute atomic E-state index is 0.164. The molecule has 0 saturated carbocycles. The highest BCUT2D eigenvalue weighted by Gasteiger charge is 2.56. The van der Waals surface area contributed by atoms with Crippen molar-refractivity contribution >= 4 is 30.5 Å². The molecule has 32 heavy (non-hydrogen) atoms. The molecule has 3 heterocycles. The molecule has 0 unspecified atom stereocenters. The van der Waals surface area contributed by atoms with Crippen molar-refractivity contribution in [3.8, 4) is 0 Å². The lowest BCUT2D eigenvalue weighted by Gasteiger charge is -2.33. The molecule has 3 aromatic rings. The van der Waals surface area contributed by atoms with E-state index >= 15 is 0 Å². The fraction of sp³-hybridized carbons (Fsp3) is 0.368. The van der Waals surface area contributed by atoms with Gasteiger partial charge < -0.3 is 29.7 Å². The van der Waals surface area contributed by atoms with Crippen LogP contribution in [0.3, 0.4) is 0 Å². The van der Waals surface area contributed by atoms with Crippen LogP contribution in [0.25, 0.3) is 11.2 Å². The van der Waals surface area contributed by atoms with Crippen molar-refractivity contribution in [3.05, 3.63) is 48.5 Å². The highest BCUT2D eigenvalue weighted by molar-refractivity contribution is 7.51. The number of imidazole rings is 1. The first-order valence-corrected chi connectivity index (χ1v) is 11.4. The Balaban J connectivity index is 1.73. The van der Waals surface area contributed by atoms with Crippen molar-refractivity contribution in [2.75, 3.05) is 12.1 Å². The predicted octanol–water partition coefficient (Wildman–Crippen LogP) is 1.67. The Kier molecular flexibility index (Phi) is 5.74. The molecular formula is C19H22N5O7P. The summed E-state index contributed by atoms with van der Waals surface area (Å²) in [7, 11) is -4.45. The standard InChI is InChI=1S/C19H22N5O7P/c1-11-17(29-10-32(26,27)28)30-18(24-9-23-13-14(20)21-8-22-15(13)24)19(11,2)31-16(25)12-6-4-3-5-7-12/h3-9,11,17-18H,10H2,1-2H3,(H2,20,21,22)(H2,26,27,28)/t11-,17+,18-,19-/m1/s1. The first kappa shape index (κ1) is 22.3. The number of ether oxygens (including phenoxy) is 3. The van der Waals surface area contributed by atoms with E-state index in [1.54, 1.807) is 44.2 Å². The number of nitrogens with zero attached hydrogens (tertiary/aromatic N) is 4. The summed E-state index contributed by atoms with van der Waals surface area (Å²) in [6.45, 7) is 3.35. The summed E-state index contributed by atoms with van der Waals surface area (Å²) in [5, 5.41) is 0. The topological polar surface area (TPSA) is 172 Å². The van der Waals surface area contributed by atoms with Crippen LogP contribution in [0.15, 0.2) is 43.0 Å². The highest BCUT2D eigenvalue weighted by Crippen LogP contribution is 2.48. The van der Waals surface area contributed by atoms with E-state index in [9.17, 15) is 19.1 Å². The van der Waals surface area contributed by atoms with E-state index in [2.05, 4.69) is 15.0 Å². The largest absolute Gasteiger partial charge is 0.450 e. The van der Waals surface area contributed by atoms with E-state index < -0.39 is 43.9 Å². The Morgan fingerprint density at radius 2 is 2.00 bits per heavy atom. The molecule has 1 saturated heterocycles. The number of nitrogen functional groups attached to an aromatic ring is 1. The molecule has 13 heteroatoms. The van der Waals surface area contributed by atoms with Gasteiger partial charge in [0.05, 0.1) is 17.8 Å². The third-order valence-corrected chi connectivity index (χ3v) is 5.92. The Hall–Kier alpha value is -2.89. The van der Waals surface area contributed by atoms with Crippen LogP contribution in [0.5, 0.6) is 0 Å². The van der Waals surface area contributed by atoms with Gasteiger partial charge in [0, 0.05) is 0 Å². The molecule has 1 aliphatic rings. The molecule has 0 radical (unpaired) electrons. The number of hydrogen-bond donors (Lipinski definition) is 3. The van der Waals surface area contributed by atoms with Crippen LogP contribution in [0.1, 0.15) is 30.4 Å². The van der Waals surface area contributed by atoms with Gasteiger partial charge in [0.2, 0.25) is 0 Å². The molecule has 1 aromatic carbocycles. The molecule has 4 N–H and O–H groups in total. The van der Waals surface area contributed by atoms with E-state index in [0.29, 0.717) is 16.7 Å². The van der Waals surface area contributed by atoms with Gasteiger partial charge in [0.1, 0.15) is 11.8 Å². The number of benzene rings is 1. The molecule has 0 bridgehead atoms. The van der Waals surface area contributed by atoms with Crippen molar-refractivity contribution in [3.63, 3.8) is 0 Å². The summed E-state index contributed by atoms with van der Waals surface area (Å²) < 4.78 is 30.1. The summed E-state index contributed by atoms with van der Waals surface area (Å²) in [5.41, 5.74) is 5.57. The van der Waals surface area contributed by atoms with Gasteiger partial charge in [-0.05, 0) is 19.1 Å². The Morgan fingerprint density at radius 1 is 1.28 bits per heavy atom. The average Bonchev–Trinajstić information content (AvgIpc) is 3.27. The molecule has 12 nitrogen and oxygen atoms in total. The Bertz CT molecular complexity index is 1180. The number of fused-ring (bicyclic) bond motifs is 1. The van der Waals surface area contributed by atoms with Gasteiger partial charge in [-0.25, -0.2) is 19.7 Å². The minimum Gasteiger partial charge on any atom is -0.450 e. The van der Waals surface area contributed by atoms with Crippen LogP contribution in [-0.2, 0) is 18.8 Å². The first-order valence-electron chi connectivity index (χ1n) is 9.63. The van der Waals surface area contributed by atoms with Gasteiger partial charge in [0.15, 0.2) is 35.9 Å². The SMILES string of the molecule is C[C@@H]1[C@@H](OCP(=O)(O)O)O[C@@H](n2cnc3c(N)ncnc32)[C@]1(C)OC(=O)c1ccccc1. The predicted molar refractivity (Wildman–Crippen MR) is 111 cm³/mol. The molecule has 2 aromatic heterocycles. The van der Waals surface area contributed by atoms with Crippen molar-refractivity contribution in [2.24, 2.45) is 5.92 Å². The van der Waals surface area contributed by atoms with Crippen LogP contribution in [0.4, 0.5) is 5.82 Å². The van der Waals surface area contributed by atoms with Crippen molar-refractivity contribution < 1.29 is 33.4 Å². The Labute approximate surface area is 182 Å². The first-order chi connectivity index (χ1) is 15.1. The van der Waals surface area contributed by atoms with Gasteiger partial charge >= 0.3 is 13.6 Å². The van der Waals surface area contributed by atoms with Gasteiger partial charge in [-0.15, -0.1) is 0 Å². The maximum atomic E-state index is 12.9. The van der Waals surface area contributed by atoms with E-state index in [1.807, 2.05) is 0 Å². The van der Waals surface area contributed by atoms with Crippen molar-refractivity contribution in [2.45, 2.75) is 32.0 Å². The van der Waals surface area contributed by atoms with Crippen LogP contribution < -0.4 is 5.73 Å². The van der Waals surface area contributed by atoms with Crippen LogP contribution in [-0.4, -0.2) is 53.5 Å². The summed E-state index contributed by atoms with van der Waals surface area (Å²) in [4.78, 5) is 43.7. The molecule has 1 aliphatic heterocycles. The minimum atomic E-state index is -4.45. The number of carbonyl (C=O) groups is 1. The van der Waals surface area contributed by atoms with Gasteiger partial charge in [-0.1, -0.05) is 25.1 Å². The zero-order valence-electron chi connectivity index (χ0n) is 17.2. The van der Waals surface area contributed by atoms with Crippen LogP contribution >= 0.6 is 7.60 Å². The summed E-state index contributed by atoms with van der Waals surface area (Å²) >= 11 is 0. The smallest absolute Gasteiger partial charge is 0.351 e. The monoisotopic (exact) mass is 463 g/mol. The molecule has 0 spiro atoms. The lowest BCUT2D eigenvalue weighted by molar-refractivity contribution is -0.158. The lowest BCUT2D eigenvalue weighted by Crippen LogP contribution is -2.43. The maximum absolute atomic E-state index is 12.9.